The highest BCUT2D eigenvalue weighted by Crippen LogP contribution is 2.16. The Hall–Kier alpha value is -1.17. The van der Waals surface area contributed by atoms with Crippen molar-refractivity contribution in [3.05, 3.63) is 23.9 Å². The number of rotatable bonds is 9. The zero-order valence-electron chi connectivity index (χ0n) is 12.3. The van der Waals surface area contributed by atoms with Gasteiger partial charge in [-0.3, -0.25) is 0 Å². The summed E-state index contributed by atoms with van der Waals surface area (Å²) in [6, 6.07) is 4.39. The SMILES string of the molecule is CNCc1ccnc(N(CCOC)C(C)COC)c1. The van der Waals surface area contributed by atoms with E-state index in [1.807, 2.05) is 19.3 Å². The van der Waals surface area contributed by atoms with Crippen LogP contribution < -0.4 is 10.2 Å². The minimum absolute atomic E-state index is 0.262. The van der Waals surface area contributed by atoms with Crippen LogP contribution in [0.3, 0.4) is 0 Å². The summed E-state index contributed by atoms with van der Waals surface area (Å²) >= 11 is 0. The van der Waals surface area contributed by atoms with Gasteiger partial charge in [0, 0.05) is 33.5 Å². The molecule has 0 bridgehead atoms. The van der Waals surface area contributed by atoms with Gasteiger partial charge in [0.25, 0.3) is 0 Å². The molecule has 1 unspecified atom stereocenters. The van der Waals surface area contributed by atoms with E-state index in [9.17, 15) is 0 Å². The van der Waals surface area contributed by atoms with Crippen LogP contribution in [0.1, 0.15) is 12.5 Å². The normalized spacial score (nSPS) is 12.4. The lowest BCUT2D eigenvalue weighted by Crippen LogP contribution is -2.39. The van der Waals surface area contributed by atoms with Gasteiger partial charge in [0.2, 0.25) is 0 Å². The van der Waals surface area contributed by atoms with Crippen molar-refractivity contribution >= 4 is 5.82 Å². The number of nitrogens with one attached hydrogen (secondary N) is 1. The number of anilines is 1. The Morgan fingerprint density at radius 2 is 2.16 bits per heavy atom. The summed E-state index contributed by atoms with van der Waals surface area (Å²) in [4.78, 5) is 6.68. The van der Waals surface area contributed by atoms with E-state index in [2.05, 4.69) is 28.2 Å². The molecular formula is C14H25N3O2. The van der Waals surface area contributed by atoms with Gasteiger partial charge in [0.05, 0.1) is 19.3 Å². The van der Waals surface area contributed by atoms with Crippen LogP contribution >= 0.6 is 0 Å². The van der Waals surface area contributed by atoms with E-state index in [1.165, 1.54) is 5.56 Å². The van der Waals surface area contributed by atoms with E-state index in [0.29, 0.717) is 13.2 Å². The molecule has 0 amide bonds. The summed E-state index contributed by atoms with van der Waals surface area (Å²) in [5.41, 5.74) is 1.22. The molecule has 0 aliphatic heterocycles. The number of ether oxygens (including phenoxy) is 2. The summed E-state index contributed by atoms with van der Waals surface area (Å²) in [5, 5.41) is 3.15. The Morgan fingerprint density at radius 1 is 1.37 bits per heavy atom. The van der Waals surface area contributed by atoms with Crippen molar-refractivity contribution in [1.29, 1.82) is 0 Å². The second-order valence-corrected chi connectivity index (χ2v) is 4.54. The molecule has 108 valence electrons. The third-order valence-corrected chi connectivity index (χ3v) is 2.96. The van der Waals surface area contributed by atoms with Crippen LogP contribution in [0.5, 0.6) is 0 Å². The van der Waals surface area contributed by atoms with Crippen molar-refractivity contribution in [3.8, 4) is 0 Å². The molecule has 0 aromatic carbocycles. The minimum atomic E-state index is 0.262. The van der Waals surface area contributed by atoms with Crippen molar-refractivity contribution in [1.82, 2.24) is 10.3 Å². The Morgan fingerprint density at radius 3 is 2.79 bits per heavy atom. The molecular weight excluding hydrogens is 242 g/mol. The highest BCUT2D eigenvalue weighted by molar-refractivity contribution is 5.42. The molecule has 1 atom stereocenters. The second-order valence-electron chi connectivity index (χ2n) is 4.54. The number of aromatic nitrogens is 1. The van der Waals surface area contributed by atoms with E-state index >= 15 is 0 Å². The third kappa shape index (κ3) is 5.14. The van der Waals surface area contributed by atoms with Gasteiger partial charge in [0.1, 0.15) is 5.82 Å². The van der Waals surface area contributed by atoms with Crippen LogP contribution in [0.4, 0.5) is 5.82 Å². The van der Waals surface area contributed by atoms with Gasteiger partial charge in [-0.15, -0.1) is 0 Å². The summed E-state index contributed by atoms with van der Waals surface area (Å²) < 4.78 is 10.4. The van der Waals surface area contributed by atoms with E-state index < -0.39 is 0 Å². The molecule has 0 saturated heterocycles. The summed E-state index contributed by atoms with van der Waals surface area (Å²) in [5.74, 6) is 0.967. The number of methoxy groups -OCH3 is 2. The maximum Gasteiger partial charge on any atom is 0.129 e. The fourth-order valence-electron chi connectivity index (χ4n) is 2.01. The summed E-state index contributed by atoms with van der Waals surface area (Å²) in [6.45, 7) is 5.11. The Kier molecular flexibility index (Phi) is 7.40. The number of pyridine rings is 1. The molecule has 0 spiro atoms. The first kappa shape index (κ1) is 15.9. The van der Waals surface area contributed by atoms with Crippen LogP contribution in [-0.2, 0) is 16.0 Å². The van der Waals surface area contributed by atoms with E-state index in [0.717, 1.165) is 18.9 Å². The van der Waals surface area contributed by atoms with Gasteiger partial charge in [-0.05, 0) is 31.7 Å². The van der Waals surface area contributed by atoms with Crippen molar-refractivity contribution in [3.63, 3.8) is 0 Å². The molecule has 19 heavy (non-hydrogen) atoms. The fourth-order valence-corrected chi connectivity index (χ4v) is 2.01. The quantitative estimate of drug-likeness (QED) is 0.730. The van der Waals surface area contributed by atoms with Crippen molar-refractivity contribution in [2.75, 3.05) is 45.9 Å². The molecule has 1 aromatic heterocycles. The average Bonchev–Trinajstić information content (AvgIpc) is 2.40. The van der Waals surface area contributed by atoms with Gasteiger partial charge >= 0.3 is 0 Å². The molecule has 5 nitrogen and oxygen atoms in total. The maximum atomic E-state index is 5.24. The predicted molar refractivity (Wildman–Crippen MR) is 77.6 cm³/mol. The highest BCUT2D eigenvalue weighted by Gasteiger charge is 2.15. The van der Waals surface area contributed by atoms with Gasteiger partial charge in [-0.2, -0.15) is 0 Å². The molecule has 1 heterocycles. The Labute approximate surface area is 115 Å². The lowest BCUT2D eigenvalue weighted by Gasteiger charge is -2.30. The van der Waals surface area contributed by atoms with Gasteiger partial charge in [-0.25, -0.2) is 4.98 Å². The number of nitrogens with zero attached hydrogens (tertiary/aromatic N) is 2. The zero-order valence-corrected chi connectivity index (χ0v) is 12.3. The topological polar surface area (TPSA) is 46.6 Å². The first-order valence-electron chi connectivity index (χ1n) is 6.57. The van der Waals surface area contributed by atoms with Crippen LogP contribution in [0.2, 0.25) is 0 Å². The van der Waals surface area contributed by atoms with Crippen molar-refractivity contribution in [2.24, 2.45) is 0 Å². The molecule has 1 aromatic rings. The predicted octanol–water partition coefficient (Wildman–Crippen LogP) is 1.29. The third-order valence-electron chi connectivity index (χ3n) is 2.96. The van der Waals surface area contributed by atoms with E-state index in [-0.39, 0.29) is 6.04 Å². The minimum Gasteiger partial charge on any atom is -0.383 e. The first-order chi connectivity index (χ1) is 9.22. The van der Waals surface area contributed by atoms with Crippen molar-refractivity contribution < 1.29 is 9.47 Å². The van der Waals surface area contributed by atoms with Gasteiger partial charge in [-0.1, -0.05) is 0 Å². The maximum absolute atomic E-state index is 5.24. The molecule has 0 radical (unpaired) electrons. The Balaban J connectivity index is 2.85. The van der Waals surface area contributed by atoms with E-state index in [4.69, 9.17) is 9.47 Å². The molecule has 1 N–H and O–H groups in total. The molecule has 0 saturated carbocycles. The first-order valence-corrected chi connectivity index (χ1v) is 6.57. The molecule has 1 rings (SSSR count). The standard InChI is InChI=1S/C14H25N3O2/c1-12(11-19-4)17(7-8-18-3)14-9-13(10-15-2)5-6-16-14/h5-6,9,12,15H,7-8,10-11H2,1-4H3. The van der Waals surface area contributed by atoms with Crippen LogP contribution in [0.15, 0.2) is 18.3 Å². The Bertz CT molecular complexity index is 360. The van der Waals surface area contributed by atoms with Crippen LogP contribution in [-0.4, -0.2) is 52.1 Å². The second kappa shape index (κ2) is 8.85. The lowest BCUT2D eigenvalue weighted by molar-refractivity contribution is 0.170. The van der Waals surface area contributed by atoms with Crippen molar-refractivity contribution in [2.45, 2.75) is 19.5 Å². The van der Waals surface area contributed by atoms with E-state index in [1.54, 1.807) is 14.2 Å². The highest BCUT2D eigenvalue weighted by atomic mass is 16.5. The number of hydrogen-bond acceptors (Lipinski definition) is 5. The molecule has 0 fully saturated rings. The molecule has 5 heteroatoms. The van der Waals surface area contributed by atoms with Crippen LogP contribution in [0, 0.1) is 0 Å². The molecule has 0 aliphatic rings. The lowest BCUT2D eigenvalue weighted by atomic mass is 10.2. The largest absolute Gasteiger partial charge is 0.383 e. The fraction of sp³-hybridized carbons (Fsp3) is 0.643. The monoisotopic (exact) mass is 267 g/mol. The molecule has 0 aliphatic carbocycles. The summed E-state index contributed by atoms with van der Waals surface area (Å²) in [7, 11) is 5.37. The smallest absolute Gasteiger partial charge is 0.129 e. The average molecular weight is 267 g/mol. The summed E-state index contributed by atoms with van der Waals surface area (Å²) in [6.07, 6.45) is 1.85. The van der Waals surface area contributed by atoms with Gasteiger partial charge < -0.3 is 19.7 Å². The van der Waals surface area contributed by atoms with Crippen LogP contribution in [0.25, 0.3) is 0 Å². The van der Waals surface area contributed by atoms with Gasteiger partial charge in [0.15, 0.2) is 0 Å². The zero-order chi connectivity index (χ0) is 14.1. The number of hydrogen-bond donors (Lipinski definition) is 1.